The number of dihydropyridines is 1. The van der Waals surface area contributed by atoms with Gasteiger partial charge in [0.15, 0.2) is 5.94 Å². The molecule has 0 unspecified atom stereocenters. The van der Waals surface area contributed by atoms with Crippen LogP contribution >= 0.6 is 0 Å². The smallest absolute Gasteiger partial charge is 0.252 e. The van der Waals surface area contributed by atoms with Gasteiger partial charge in [0.25, 0.3) is 5.91 Å². The molecule has 2 N–H and O–H groups in total. The highest BCUT2D eigenvalue weighted by atomic mass is 16.5. The van der Waals surface area contributed by atoms with Crippen LogP contribution in [0.25, 0.3) is 11.0 Å². The molecule has 10 heteroatoms. The molecule has 1 aromatic carbocycles. The van der Waals surface area contributed by atoms with Crippen molar-refractivity contribution >= 4 is 28.5 Å². The van der Waals surface area contributed by atoms with Crippen molar-refractivity contribution in [3.05, 3.63) is 57.8 Å². The third-order valence-electron chi connectivity index (χ3n) is 8.32. The third kappa shape index (κ3) is 6.27. The normalized spacial score (nSPS) is 18.5. The number of allylic oxidation sites excluding steroid dienone is 2. The summed E-state index contributed by atoms with van der Waals surface area (Å²) in [5, 5.41) is 6.90. The number of rotatable bonds is 10. The van der Waals surface area contributed by atoms with Gasteiger partial charge >= 0.3 is 0 Å². The number of hydrogen-bond donors (Lipinski definition) is 2. The van der Waals surface area contributed by atoms with Gasteiger partial charge in [-0.1, -0.05) is 6.92 Å². The van der Waals surface area contributed by atoms with Gasteiger partial charge in [-0.05, 0) is 50.8 Å². The van der Waals surface area contributed by atoms with Gasteiger partial charge < -0.3 is 34.2 Å². The van der Waals surface area contributed by atoms with Crippen molar-refractivity contribution in [1.82, 2.24) is 15.5 Å². The van der Waals surface area contributed by atoms with Crippen molar-refractivity contribution in [1.29, 1.82) is 0 Å². The Morgan fingerprint density at radius 1 is 1.17 bits per heavy atom. The van der Waals surface area contributed by atoms with E-state index < -0.39 is 0 Å². The molecule has 10 nitrogen and oxygen atoms in total. The summed E-state index contributed by atoms with van der Waals surface area (Å²) >= 11 is 0. The molecule has 3 aliphatic rings. The fourth-order valence-corrected chi connectivity index (χ4v) is 6.23. The van der Waals surface area contributed by atoms with E-state index in [2.05, 4.69) is 40.3 Å². The zero-order chi connectivity index (χ0) is 29.6. The Morgan fingerprint density at radius 3 is 2.57 bits per heavy atom. The van der Waals surface area contributed by atoms with Crippen LogP contribution in [0.4, 0.5) is 5.69 Å². The number of carbonyl (C=O) groups excluding carboxylic acids is 2. The number of fused-ring (bicyclic) bond motifs is 1. The molecule has 3 aliphatic heterocycles. The number of hydrogen-bond acceptors (Lipinski definition) is 9. The number of morpholine rings is 1. The summed E-state index contributed by atoms with van der Waals surface area (Å²) in [4.78, 5) is 30.6. The SMILES string of the molecule is CCc1c(N(CC)C2CCOCC2)cc2oc(CN3CCOCC3)cc2c1C(=O)NCC1=C(OC)C=C(C)NC1=C=O. The van der Waals surface area contributed by atoms with Crippen molar-refractivity contribution in [2.24, 2.45) is 0 Å². The summed E-state index contributed by atoms with van der Waals surface area (Å²) in [6.07, 6.45) is 4.35. The average molecular weight is 579 g/mol. The molecule has 42 heavy (non-hydrogen) atoms. The zero-order valence-corrected chi connectivity index (χ0v) is 25.1. The maximum absolute atomic E-state index is 14.1. The van der Waals surface area contributed by atoms with E-state index in [-0.39, 0.29) is 18.1 Å². The highest BCUT2D eigenvalue weighted by Gasteiger charge is 2.29. The van der Waals surface area contributed by atoms with Crippen molar-refractivity contribution in [2.45, 2.75) is 52.6 Å². The molecule has 2 fully saturated rings. The number of ether oxygens (including phenoxy) is 3. The summed E-state index contributed by atoms with van der Waals surface area (Å²) in [7, 11) is 1.55. The van der Waals surface area contributed by atoms with Crippen LogP contribution in [0.1, 0.15) is 55.3 Å². The topological polar surface area (TPSA) is 106 Å². The van der Waals surface area contributed by atoms with Gasteiger partial charge in [-0.2, -0.15) is 0 Å². The number of methoxy groups -OCH3 is 1. The van der Waals surface area contributed by atoms with Crippen molar-refractivity contribution in [2.75, 3.05) is 64.6 Å². The van der Waals surface area contributed by atoms with Crippen LogP contribution in [-0.4, -0.2) is 82.5 Å². The average Bonchev–Trinajstić information content (AvgIpc) is 3.42. The molecule has 2 aromatic rings. The first kappa shape index (κ1) is 29.9. The van der Waals surface area contributed by atoms with Gasteiger partial charge in [0, 0.05) is 73.8 Å². The van der Waals surface area contributed by atoms with Crippen molar-refractivity contribution in [3.8, 4) is 0 Å². The van der Waals surface area contributed by atoms with E-state index in [1.54, 1.807) is 13.2 Å². The molecular weight excluding hydrogens is 536 g/mol. The molecule has 4 heterocycles. The maximum atomic E-state index is 14.1. The predicted octanol–water partition coefficient (Wildman–Crippen LogP) is 3.69. The maximum Gasteiger partial charge on any atom is 0.252 e. The fourth-order valence-electron chi connectivity index (χ4n) is 6.23. The van der Waals surface area contributed by atoms with Crippen LogP contribution in [0.15, 0.2) is 45.4 Å². The minimum atomic E-state index is -0.222. The minimum Gasteiger partial charge on any atom is -0.496 e. The largest absolute Gasteiger partial charge is 0.496 e. The minimum absolute atomic E-state index is 0.105. The van der Waals surface area contributed by atoms with E-state index in [4.69, 9.17) is 18.6 Å². The van der Waals surface area contributed by atoms with E-state index >= 15 is 0 Å². The molecule has 2 saturated heterocycles. The lowest BCUT2D eigenvalue weighted by Gasteiger charge is -2.37. The number of amides is 1. The quantitative estimate of drug-likeness (QED) is 0.409. The van der Waals surface area contributed by atoms with E-state index in [0.717, 1.165) is 73.8 Å². The molecule has 0 spiro atoms. The Balaban J connectivity index is 1.55. The Morgan fingerprint density at radius 2 is 1.90 bits per heavy atom. The number of nitrogens with one attached hydrogen (secondary N) is 2. The Hall–Kier alpha value is -3.56. The van der Waals surface area contributed by atoms with E-state index in [0.29, 0.717) is 54.7 Å². The molecule has 0 aliphatic carbocycles. The van der Waals surface area contributed by atoms with Gasteiger partial charge in [0.1, 0.15) is 22.8 Å². The Bertz CT molecular complexity index is 1410. The molecule has 0 bridgehead atoms. The highest BCUT2D eigenvalue weighted by molar-refractivity contribution is 6.09. The molecule has 0 atom stereocenters. The van der Waals surface area contributed by atoms with Crippen LogP contribution in [0.2, 0.25) is 0 Å². The highest BCUT2D eigenvalue weighted by Crippen LogP contribution is 2.37. The molecule has 1 amide bonds. The van der Waals surface area contributed by atoms with Gasteiger partial charge in [0.05, 0.1) is 32.4 Å². The second kappa shape index (κ2) is 13.6. The lowest BCUT2D eigenvalue weighted by atomic mass is 9.95. The zero-order valence-electron chi connectivity index (χ0n) is 25.1. The Kier molecular flexibility index (Phi) is 9.69. The first-order chi connectivity index (χ1) is 20.5. The monoisotopic (exact) mass is 578 g/mol. The molecule has 0 saturated carbocycles. The second-order valence-corrected chi connectivity index (χ2v) is 10.9. The van der Waals surface area contributed by atoms with Gasteiger partial charge in [0.2, 0.25) is 0 Å². The molecular formula is C32H42N4O6. The molecule has 226 valence electrons. The number of anilines is 1. The second-order valence-electron chi connectivity index (χ2n) is 10.9. The summed E-state index contributed by atoms with van der Waals surface area (Å²) in [5.41, 5.74) is 4.89. The van der Waals surface area contributed by atoms with Crippen LogP contribution in [0.3, 0.4) is 0 Å². The fraction of sp³-hybridized carbons (Fsp3) is 0.531. The van der Waals surface area contributed by atoms with Gasteiger partial charge in [-0.25, -0.2) is 4.79 Å². The van der Waals surface area contributed by atoms with Crippen LogP contribution in [0.5, 0.6) is 0 Å². The number of furan rings is 1. The molecule has 5 rings (SSSR count). The molecule has 0 radical (unpaired) electrons. The number of nitrogens with zero attached hydrogens (tertiary/aromatic N) is 2. The summed E-state index contributed by atoms with van der Waals surface area (Å²) in [5.74, 6) is 3.07. The van der Waals surface area contributed by atoms with E-state index in [1.807, 2.05) is 18.9 Å². The Labute approximate surface area is 247 Å². The first-order valence-corrected chi connectivity index (χ1v) is 15.0. The van der Waals surface area contributed by atoms with Crippen LogP contribution in [0, 0.1) is 0 Å². The molecule has 1 aromatic heterocycles. The van der Waals surface area contributed by atoms with Crippen molar-refractivity contribution in [3.63, 3.8) is 0 Å². The summed E-state index contributed by atoms with van der Waals surface area (Å²) < 4.78 is 23.1. The standard InChI is InChI=1S/C32H42N4O6/c1-5-24-28(36(6-2)22-7-11-40-12-8-22)17-30-25(16-23(42-30)19-35-9-13-41-14-10-35)31(24)32(38)33-18-26-27(20-37)34-21(3)15-29(26)39-4/h15-17,22,34H,5-14,18-19H2,1-4H3,(H,33,38). The predicted molar refractivity (Wildman–Crippen MR) is 161 cm³/mol. The van der Waals surface area contributed by atoms with Crippen molar-refractivity contribution < 1.29 is 28.2 Å². The third-order valence-corrected chi connectivity index (χ3v) is 8.32. The van der Waals surface area contributed by atoms with Crippen LogP contribution in [-0.2, 0) is 32.0 Å². The van der Waals surface area contributed by atoms with E-state index in [1.165, 1.54) is 0 Å². The van der Waals surface area contributed by atoms with Crippen LogP contribution < -0.4 is 15.5 Å². The number of benzene rings is 1. The van der Waals surface area contributed by atoms with Gasteiger partial charge in [-0.3, -0.25) is 9.69 Å². The summed E-state index contributed by atoms with van der Waals surface area (Å²) in [6.45, 7) is 12.2. The lowest BCUT2D eigenvalue weighted by Crippen LogP contribution is -2.40. The summed E-state index contributed by atoms with van der Waals surface area (Å²) in [6, 6.07) is 4.45. The number of carbonyl (C=O) groups is 1. The lowest BCUT2D eigenvalue weighted by molar-refractivity contribution is 0.0315. The van der Waals surface area contributed by atoms with E-state index in [9.17, 15) is 9.59 Å². The first-order valence-electron chi connectivity index (χ1n) is 15.0. The van der Waals surface area contributed by atoms with Gasteiger partial charge in [-0.15, -0.1) is 0 Å².